The van der Waals surface area contributed by atoms with Gasteiger partial charge in [0.25, 0.3) is 0 Å². The lowest BCUT2D eigenvalue weighted by molar-refractivity contribution is -0.113. The van der Waals surface area contributed by atoms with Crippen LogP contribution in [0.3, 0.4) is 0 Å². The van der Waals surface area contributed by atoms with Gasteiger partial charge >= 0.3 is 0 Å². The van der Waals surface area contributed by atoms with Gasteiger partial charge in [0.2, 0.25) is 5.91 Å². The highest BCUT2D eigenvalue weighted by Crippen LogP contribution is 2.14. The van der Waals surface area contributed by atoms with Crippen LogP contribution in [0.5, 0.6) is 0 Å². The quantitative estimate of drug-likeness (QED) is 0.632. The van der Waals surface area contributed by atoms with Crippen LogP contribution in [0.2, 0.25) is 0 Å². The highest BCUT2D eigenvalue weighted by Gasteiger charge is 1.97. The fraction of sp³-hybridized carbons (Fsp3) is 0. The van der Waals surface area contributed by atoms with Crippen LogP contribution in [0.4, 0.5) is 0 Å². The maximum atomic E-state index is 10.4. The van der Waals surface area contributed by atoms with Crippen LogP contribution in [0, 0.1) is 0 Å². The molecule has 0 aromatic carbocycles. The van der Waals surface area contributed by atoms with Crippen molar-refractivity contribution in [1.82, 2.24) is 0 Å². The number of primary amides is 1. The van der Waals surface area contributed by atoms with E-state index >= 15 is 0 Å². The second kappa shape index (κ2) is 3.21. The third-order valence-electron chi connectivity index (χ3n) is 1.10. The van der Waals surface area contributed by atoms with Crippen molar-refractivity contribution >= 4 is 22.9 Å². The van der Waals surface area contributed by atoms with Crippen molar-refractivity contribution < 1.29 is 4.79 Å². The lowest BCUT2D eigenvalue weighted by Gasteiger charge is -1.92. The predicted molar refractivity (Wildman–Crippen MR) is 45.7 cm³/mol. The van der Waals surface area contributed by atoms with Crippen molar-refractivity contribution in [3.05, 3.63) is 28.5 Å². The van der Waals surface area contributed by atoms with E-state index in [1.807, 2.05) is 17.5 Å². The molecule has 0 bridgehead atoms. The molecule has 0 aliphatic carbocycles. The van der Waals surface area contributed by atoms with E-state index in [1.165, 1.54) is 17.4 Å². The molecule has 0 fully saturated rings. The summed E-state index contributed by atoms with van der Waals surface area (Å²) in [6.45, 7) is 0. The molecule has 0 saturated carbocycles. The molecule has 11 heavy (non-hydrogen) atoms. The van der Waals surface area contributed by atoms with Crippen LogP contribution in [0.25, 0.3) is 5.70 Å². The van der Waals surface area contributed by atoms with Crippen molar-refractivity contribution in [1.29, 1.82) is 0 Å². The average molecular weight is 168 g/mol. The Hall–Kier alpha value is -1.29. The van der Waals surface area contributed by atoms with Gasteiger partial charge in [-0.05, 0) is 11.4 Å². The van der Waals surface area contributed by atoms with E-state index in [4.69, 9.17) is 11.5 Å². The minimum absolute atomic E-state index is 0.424. The summed E-state index contributed by atoms with van der Waals surface area (Å²) in [7, 11) is 0. The molecule has 1 rings (SSSR count). The molecule has 0 aliphatic rings. The Morgan fingerprint density at radius 2 is 2.27 bits per heavy atom. The molecule has 0 unspecified atom stereocenters. The molecular formula is C7H8N2OS. The third kappa shape index (κ3) is 2.09. The summed E-state index contributed by atoms with van der Waals surface area (Å²) in [5.74, 6) is -0.518. The SMILES string of the molecule is NC(=O)/C=C(\N)c1cccs1. The Kier molecular flexibility index (Phi) is 2.28. The Morgan fingerprint density at radius 3 is 2.73 bits per heavy atom. The fourth-order valence-electron chi connectivity index (χ4n) is 0.667. The summed E-state index contributed by atoms with van der Waals surface area (Å²) in [6.07, 6.45) is 1.21. The number of carbonyl (C=O) groups excluding carboxylic acids is 1. The van der Waals surface area contributed by atoms with Gasteiger partial charge in [0.1, 0.15) is 0 Å². The molecule has 0 aliphatic heterocycles. The second-order valence-electron chi connectivity index (χ2n) is 1.98. The third-order valence-corrected chi connectivity index (χ3v) is 2.02. The van der Waals surface area contributed by atoms with Gasteiger partial charge in [0, 0.05) is 6.08 Å². The van der Waals surface area contributed by atoms with Gasteiger partial charge in [-0.25, -0.2) is 0 Å². The van der Waals surface area contributed by atoms with Crippen molar-refractivity contribution in [2.75, 3.05) is 0 Å². The van der Waals surface area contributed by atoms with Crippen LogP contribution in [-0.2, 0) is 4.79 Å². The van der Waals surface area contributed by atoms with Crippen molar-refractivity contribution in [2.45, 2.75) is 0 Å². The zero-order chi connectivity index (χ0) is 8.27. The number of hydrogen-bond acceptors (Lipinski definition) is 3. The van der Waals surface area contributed by atoms with Crippen LogP contribution in [0.1, 0.15) is 4.88 Å². The first-order valence-corrected chi connectivity index (χ1v) is 3.88. The zero-order valence-corrected chi connectivity index (χ0v) is 6.60. The maximum Gasteiger partial charge on any atom is 0.243 e. The van der Waals surface area contributed by atoms with E-state index in [-0.39, 0.29) is 0 Å². The molecular weight excluding hydrogens is 160 g/mol. The minimum atomic E-state index is -0.518. The van der Waals surface area contributed by atoms with Crippen LogP contribution >= 0.6 is 11.3 Å². The van der Waals surface area contributed by atoms with E-state index in [9.17, 15) is 4.79 Å². The molecule has 3 nitrogen and oxygen atoms in total. The number of rotatable bonds is 2. The van der Waals surface area contributed by atoms with Gasteiger partial charge in [-0.15, -0.1) is 11.3 Å². The fourth-order valence-corrected chi connectivity index (χ4v) is 1.32. The number of nitrogens with two attached hydrogens (primary N) is 2. The Morgan fingerprint density at radius 1 is 1.55 bits per heavy atom. The second-order valence-corrected chi connectivity index (χ2v) is 2.93. The van der Waals surface area contributed by atoms with Gasteiger partial charge < -0.3 is 11.5 Å². The summed E-state index contributed by atoms with van der Waals surface area (Å²) in [5.41, 5.74) is 10.8. The molecule has 1 aromatic heterocycles. The zero-order valence-electron chi connectivity index (χ0n) is 5.78. The Bertz CT molecular complexity index is 277. The number of amides is 1. The van der Waals surface area contributed by atoms with Gasteiger partial charge in [0.05, 0.1) is 10.6 Å². The first kappa shape index (κ1) is 7.81. The summed E-state index contributed by atoms with van der Waals surface area (Å²) < 4.78 is 0. The Labute approximate surface area is 68.3 Å². The number of thiophene rings is 1. The van der Waals surface area contributed by atoms with Gasteiger partial charge in [-0.3, -0.25) is 4.79 Å². The molecule has 4 heteroatoms. The molecule has 58 valence electrons. The maximum absolute atomic E-state index is 10.4. The molecule has 4 N–H and O–H groups in total. The molecule has 1 amide bonds. The first-order valence-electron chi connectivity index (χ1n) is 3.00. The van der Waals surface area contributed by atoms with Gasteiger partial charge in [-0.2, -0.15) is 0 Å². The standard InChI is InChI=1S/C7H8N2OS/c8-5(4-7(9)10)6-2-1-3-11-6/h1-4H,8H2,(H2,9,10)/b5-4-. The predicted octanol–water partition coefficient (Wildman–Crippen LogP) is 0.533. The monoisotopic (exact) mass is 168 g/mol. The Balaban J connectivity index is 2.86. The molecule has 1 heterocycles. The molecule has 0 saturated heterocycles. The average Bonchev–Trinajstić information content (AvgIpc) is 2.35. The van der Waals surface area contributed by atoms with Crippen LogP contribution < -0.4 is 11.5 Å². The van der Waals surface area contributed by atoms with E-state index in [0.717, 1.165) is 4.88 Å². The lowest BCUT2D eigenvalue weighted by Crippen LogP contribution is -2.09. The van der Waals surface area contributed by atoms with Gasteiger partial charge in [0.15, 0.2) is 0 Å². The topological polar surface area (TPSA) is 69.1 Å². The lowest BCUT2D eigenvalue weighted by atomic mass is 10.3. The number of hydrogen-bond donors (Lipinski definition) is 2. The summed E-state index contributed by atoms with van der Waals surface area (Å²) in [6, 6.07) is 3.70. The highest BCUT2D eigenvalue weighted by atomic mass is 32.1. The molecule has 1 aromatic rings. The van der Waals surface area contributed by atoms with Crippen molar-refractivity contribution in [2.24, 2.45) is 11.5 Å². The van der Waals surface area contributed by atoms with Crippen molar-refractivity contribution in [3.63, 3.8) is 0 Å². The molecule has 0 radical (unpaired) electrons. The largest absolute Gasteiger partial charge is 0.397 e. The summed E-state index contributed by atoms with van der Waals surface area (Å²) in [5, 5.41) is 1.89. The van der Waals surface area contributed by atoms with E-state index in [0.29, 0.717) is 5.70 Å². The summed E-state index contributed by atoms with van der Waals surface area (Å²) in [4.78, 5) is 11.2. The van der Waals surface area contributed by atoms with E-state index in [1.54, 1.807) is 0 Å². The van der Waals surface area contributed by atoms with Crippen molar-refractivity contribution in [3.8, 4) is 0 Å². The normalized spacial score (nSPS) is 11.5. The summed E-state index contributed by atoms with van der Waals surface area (Å²) >= 11 is 1.47. The minimum Gasteiger partial charge on any atom is -0.397 e. The van der Waals surface area contributed by atoms with E-state index in [2.05, 4.69) is 0 Å². The molecule has 0 spiro atoms. The van der Waals surface area contributed by atoms with E-state index < -0.39 is 5.91 Å². The van der Waals surface area contributed by atoms with Crippen LogP contribution in [-0.4, -0.2) is 5.91 Å². The number of carbonyl (C=O) groups is 1. The van der Waals surface area contributed by atoms with Crippen LogP contribution in [0.15, 0.2) is 23.6 Å². The smallest absolute Gasteiger partial charge is 0.243 e. The highest BCUT2D eigenvalue weighted by molar-refractivity contribution is 7.11. The first-order chi connectivity index (χ1) is 5.20. The van der Waals surface area contributed by atoms with Gasteiger partial charge in [-0.1, -0.05) is 6.07 Å². The molecule has 0 atom stereocenters.